The molecule has 0 aliphatic carbocycles. The number of hydrogen-bond donors (Lipinski definition) is 0. The summed E-state index contributed by atoms with van der Waals surface area (Å²) < 4.78 is 4.69. The molecule has 0 aromatic heterocycles. The molecular weight excluding hydrogens is 242 g/mol. The first-order chi connectivity index (χ1) is 8.99. The average molecular weight is 263 g/mol. The molecule has 1 atom stereocenters. The summed E-state index contributed by atoms with van der Waals surface area (Å²) in [5, 5.41) is 0. The molecule has 1 rings (SSSR count). The van der Waals surface area contributed by atoms with E-state index in [0.717, 1.165) is 5.56 Å². The van der Waals surface area contributed by atoms with E-state index in [0.29, 0.717) is 18.7 Å². The second-order valence-electron chi connectivity index (χ2n) is 4.64. The summed E-state index contributed by atoms with van der Waals surface area (Å²) in [7, 11) is 1.36. The third kappa shape index (κ3) is 4.09. The lowest BCUT2D eigenvalue weighted by Crippen LogP contribution is -2.37. The molecule has 1 unspecified atom stereocenters. The molecule has 0 heterocycles. The van der Waals surface area contributed by atoms with E-state index >= 15 is 0 Å². The maximum atomic E-state index is 12.3. The third-order valence-corrected chi connectivity index (χ3v) is 3.03. The van der Waals surface area contributed by atoms with Gasteiger partial charge in [-0.05, 0) is 26.0 Å². The molecule has 19 heavy (non-hydrogen) atoms. The maximum absolute atomic E-state index is 12.3. The van der Waals surface area contributed by atoms with Gasteiger partial charge < -0.3 is 9.64 Å². The Bertz CT molecular complexity index is 456. The Hall–Kier alpha value is -1.84. The van der Waals surface area contributed by atoms with Gasteiger partial charge in [-0.1, -0.05) is 24.6 Å². The normalized spacial score (nSPS) is 11.8. The van der Waals surface area contributed by atoms with Gasteiger partial charge in [-0.3, -0.25) is 9.59 Å². The molecule has 4 nitrogen and oxygen atoms in total. The van der Waals surface area contributed by atoms with Crippen LogP contribution in [0.4, 0.5) is 0 Å². The number of carbonyl (C=O) groups excluding carboxylic acids is 2. The first kappa shape index (κ1) is 15.2. The Kier molecular flexibility index (Phi) is 5.55. The molecule has 0 fully saturated rings. The van der Waals surface area contributed by atoms with Crippen molar-refractivity contribution in [2.75, 3.05) is 20.2 Å². The van der Waals surface area contributed by atoms with E-state index < -0.39 is 0 Å². The summed E-state index contributed by atoms with van der Waals surface area (Å²) in [5.41, 5.74) is 1.70. The molecule has 4 heteroatoms. The molecule has 0 radical (unpaired) electrons. The summed E-state index contributed by atoms with van der Waals surface area (Å²) in [4.78, 5) is 25.4. The summed E-state index contributed by atoms with van der Waals surface area (Å²) in [6.45, 7) is 6.55. The molecule has 0 aliphatic heterocycles. The van der Waals surface area contributed by atoms with Crippen LogP contribution in [-0.2, 0) is 9.53 Å². The number of hydrogen-bond acceptors (Lipinski definition) is 3. The highest BCUT2D eigenvalue weighted by Crippen LogP contribution is 2.10. The Balaban J connectivity index is 2.80. The van der Waals surface area contributed by atoms with Gasteiger partial charge in [0.2, 0.25) is 0 Å². The molecule has 0 N–H and O–H groups in total. The SMILES string of the molecule is CCN(CC(C)C(=O)OC)C(=O)c1cccc(C)c1. The van der Waals surface area contributed by atoms with E-state index in [1.54, 1.807) is 17.9 Å². The summed E-state index contributed by atoms with van der Waals surface area (Å²) >= 11 is 0. The number of ether oxygens (including phenoxy) is 1. The van der Waals surface area contributed by atoms with Gasteiger partial charge in [0.1, 0.15) is 0 Å². The van der Waals surface area contributed by atoms with Crippen molar-refractivity contribution in [3.05, 3.63) is 35.4 Å². The van der Waals surface area contributed by atoms with Crippen molar-refractivity contribution in [1.82, 2.24) is 4.90 Å². The van der Waals surface area contributed by atoms with E-state index in [-0.39, 0.29) is 17.8 Å². The van der Waals surface area contributed by atoms with Crippen LogP contribution in [0.3, 0.4) is 0 Å². The largest absolute Gasteiger partial charge is 0.469 e. The zero-order valence-electron chi connectivity index (χ0n) is 12.0. The van der Waals surface area contributed by atoms with Crippen LogP contribution in [0, 0.1) is 12.8 Å². The minimum Gasteiger partial charge on any atom is -0.469 e. The van der Waals surface area contributed by atoms with Crippen LogP contribution in [-0.4, -0.2) is 37.0 Å². The lowest BCUT2D eigenvalue weighted by molar-refractivity contribution is -0.145. The number of nitrogens with zero attached hydrogens (tertiary/aromatic N) is 1. The van der Waals surface area contributed by atoms with Crippen LogP contribution in [0.25, 0.3) is 0 Å². The number of methoxy groups -OCH3 is 1. The number of esters is 1. The van der Waals surface area contributed by atoms with Crippen molar-refractivity contribution in [2.24, 2.45) is 5.92 Å². The predicted molar refractivity (Wildman–Crippen MR) is 73.9 cm³/mol. The van der Waals surface area contributed by atoms with Crippen molar-refractivity contribution >= 4 is 11.9 Å². The fraction of sp³-hybridized carbons (Fsp3) is 0.467. The van der Waals surface area contributed by atoms with Crippen LogP contribution < -0.4 is 0 Å². The summed E-state index contributed by atoms with van der Waals surface area (Å²) in [5.74, 6) is -0.670. The van der Waals surface area contributed by atoms with Crippen LogP contribution in [0.1, 0.15) is 29.8 Å². The molecule has 0 spiro atoms. The number of rotatable bonds is 5. The van der Waals surface area contributed by atoms with Gasteiger partial charge in [0.15, 0.2) is 0 Å². The number of aryl methyl sites for hydroxylation is 1. The minimum atomic E-state index is -0.321. The Morgan fingerprint density at radius 1 is 1.37 bits per heavy atom. The van der Waals surface area contributed by atoms with Gasteiger partial charge in [0.25, 0.3) is 5.91 Å². The monoisotopic (exact) mass is 263 g/mol. The standard InChI is InChI=1S/C15H21NO3/c1-5-16(10-12(3)15(18)19-4)14(17)13-8-6-7-11(2)9-13/h6-9,12H,5,10H2,1-4H3. The van der Waals surface area contributed by atoms with Crippen LogP contribution in [0.5, 0.6) is 0 Å². The number of amides is 1. The zero-order valence-corrected chi connectivity index (χ0v) is 12.0. The van der Waals surface area contributed by atoms with Crippen molar-refractivity contribution < 1.29 is 14.3 Å². The fourth-order valence-corrected chi connectivity index (χ4v) is 1.92. The Morgan fingerprint density at radius 3 is 2.58 bits per heavy atom. The van der Waals surface area contributed by atoms with E-state index in [1.807, 2.05) is 32.0 Å². The molecule has 0 bridgehead atoms. The maximum Gasteiger partial charge on any atom is 0.310 e. The highest BCUT2D eigenvalue weighted by molar-refractivity contribution is 5.94. The van der Waals surface area contributed by atoms with Crippen molar-refractivity contribution in [3.8, 4) is 0 Å². The van der Waals surface area contributed by atoms with Crippen molar-refractivity contribution in [2.45, 2.75) is 20.8 Å². The summed E-state index contributed by atoms with van der Waals surface area (Å²) in [6.07, 6.45) is 0. The molecule has 1 amide bonds. The highest BCUT2D eigenvalue weighted by atomic mass is 16.5. The second kappa shape index (κ2) is 6.92. The molecule has 0 aliphatic rings. The van der Waals surface area contributed by atoms with Gasteiger partial charge in [-0.2, -0.15) is 0 Å². The van der Waals surface area contributed by atoms with E-state index in [2.05, 4.69) is 4.74 Å². The van der Waals surface area contributed by atoms with Crippen LogP contribution in [0.2, 0.25) is 0 Å². The molecule has 1 aromatic carbocycles. The molecule has 1 aromatic rings. The predicted octanol–water partition coefficient (Wildman–Crippen LogP) is 2.27. The average Bonchev–Trinajstić information content (AvgIpc) is 2.42. The van der Waals surface area contributed by atoms with Crippen LogP contribution in [0.15, 0.2) is 24.3 Å². The summed E-state index contributed by atoms with van der Waals surface area (Å²) in [6, 6.07) is 7.46. The molecule has 0 saturated carbocycles. The lowest BCUT2D eigenvalue weighted by atomic mass is 10.1. The lowest BCUT2D eigenvalue weighted by Gasteiger charge is -2.23. The number of carbonyl (C=O) groups is 2. The van der Waals surface area contributed by atoms with Gasteiger partial charge in [0.05, 0.1) is 13.0 Å². The van der Waals surface area contributed by atoms with E-state index in [1.165, 1.54) is 7.11 Å². The Labute approximate surface area is 114 Å². The van der Waals surface area contributed by atoms with Crippen LogP contribution >= 0.6 is 0 Å². The van der Waals surface area contributed by atoms with Gasteiger partial charge in [-0.25, -0.2) is 0 Å². The van der Waals surface area contributed by atoms with Gasteiger partial charge in [0, 0.05) is 18.7 Å². The first-order valence-electron chi connectivity index (χ1n) is 6.43. The van der Waals surface area contributed by atoms with Gasteiger partial charge in [-0.15, -0.1) is 0 Å². The minimum absolute atomic E-state index is 0.0537. The number of benzene rings is 1. The first-order valence-corrected chi connectivity index (χ1v) is 6.43. The Morgan fingerprint density at radius 2 is 2.05 bits per heavy atom. The van der Waals surface area contributed by atoms with Crippen molar-refractivity contribution in [3.63, 3.8) is 0 Å². The van der Waals surface area contributed by atoms with Gasteiger partial charge >= 0.3 is 5.97 Å². The van der Waals surface area contributed by atoms with Crippen molar-refractivity contribution in [1.29, 1.82) is 0 Å². The quantitative estimate of drug-likeness (QED) is 0.766. The fourth-order valence-electron chi connectivity index (χ4n) is 1.92. The second-order valence-corrected chi connectivity index (χ2v) is 4.64. The third-order valence-electron chi connectivity index (χ3n) is 3.03. The van der Waals surface area contributed by atoms with E-state index in [9.17, 15) is 9.59 Å². The smallest absolute Gasteiger partial charge is 0.310 e. The molecule has 104 valence electrons. The molecular formula is C15H21NO3. The highest BCUT2D eigenvalue weighted by Gasteiger charge is 2.21. The van der Waals surface area contributed by atoms with E-state index in [4.69, 9.17) is 0 Å². The zero-order chi connectivity index (χ0) is 14.4. The molecule has 0 saturated heterocycles. The topological polar surface area (TPSA) is 46.6 Å².